The molecule has 0 spiro atoms. The summed E-state index contributed by atoms with van der Waals surface area (Å²) in [5.41, 5.74) is 15.0. The standard InChI is InChI=1S/C18H21ClN2O3S.C17H18ClNO.C16H15ClF3NO.C16H18ClNO2S.C16H18ClNO.C16H18ClNS/c1-5-25(23,24)21-17(22)12-9-10-14(19)13(11-12)15-7-6-8-16(20-15)18(2,3)4;1-11(20)12-8-9-14(18)13(10-12)15-6-5-7-16(19-15)17(2,3)4;1-15(2,3)14-6-4-5-13(21-14)11-9-10(7-8-12(11)17)22-16(18,19)20;1-16(2,3)15-7-5-6-14(18-15)12-10-11(21(4,19)20)8-9-13(12)17;2*1-16(2,3)15-7-5-6-14(18-15)12-10-11(19-4)8-9-13(12)17/h6-11H,5H2,1-4H3,(H,21,22);5-10H,1-4H3;4-9H,1-3H3;5-10H,1-4H3;2*5-10H,1-4H3. The van der Waals surface area contributed by atoms with E-state index in [9.17, 15) is 39.6 Å². The van der Waals surface area contributed by atoms with Crippen LogP contribution >= 0.6 is 81.4 Å². The van der Waals surface area contributed by atoms with Gasteiger partial charge in [0.05, 0.1) is 82.1 Å². The van der Waals surface area contributed by atoms with Crippen molar-refractivity contribution >= 4 is 113 Å². The van der Waals surface area contributed by atoms with Crippen LogP contribution in [0.15, 0.2) is 228 Å². The Labute approximate surface area is 775 Å². The van der Waals surface area contributed by atoms with Gasteiger partial charge in [-0.05, 0) is 202 Å². The molecule has 0 radical (unpaired) electrons. The normalized spacial score (nSPS) is 11.9. The maximum absolute atomic E-state index is 12.3. The van der Waals surface area contributed by atoms with E-state index in [1.807, 2.05) is 141 Å². The maximum Gasteiger partial charge on any atom is 0.573 e. The minimum absolute atomic E-state index is 0.0152. The molecular formula is C99H108Cl6F3N7O8S3. The van der Waals surface area contributed by atoms with Crippen LogP contribution in [0.3, 0.4) is 0 Å². The maximum atomic E-state index is 12.3. The average molecular weight is 1890 g/mol. The molecule has 0 saturated carbocycles. The summed E-state index contributed by atoms with van der Waals surface area (Å²) in [6, 6.07) is 64.8. The Morgan fingerprint density at radius 2 is 0.643 bits per heavy atom. The fourth-order valence-electron chi connectivity index (χ4n) is 11.6. The zero-order valence-electron chi connectivity index (χ0n) is 75.1. The first-order valence-corrected chi connectivity index (χ1v) is 47.1. The van der Waals surface area contributed by atoms with Gasteiger partial charge >= 0.3 is 6.36 Å². The number of rotatable bonds is 14. The van der Waals surface area contributed by atoms with Crippen molar-refractivity contribution in [2.24, 2.45) is 0 Å². The van der Waals surface area contributed by atoms with Gasteiger partial charge in [0.2, 0.25) is 10.0 Å². The first kappa shape index (κ1) is 104. The Hall–Kier alpha value is -9.26. The van der Waals surface area contributed by atoms with Crippen molar-refractivity contribution in [2.45, 2.75) is 187 Å². The largest absolute Gasteiger partial charge is 0.573 e. The van der Waals surface area contributed by atoms with Crippen molar-refractivity contribution in [1.82, 2.24) is 34.6 Å². The van der Waals surface area contributed by atoms with Gasteiger partial charge in [-0.15, -0.1) is 24.9 Å². The summed E-state index contributed by atoms with van der Waals surface area (Å²) in [5.74, 6) is -0.382. The van der Waals surface area contributed by atoms with Crippen molar-refractivity contribution < 1.29 is 49.1 Å². The number of ether oxygens (including phenoxy) is 2. The molecule has 126 heavy (non-hydrogen) atoms. The molecule has 15 nitrogen and oxygen atoms in total. The third kappa shape index (κ3) is 30.7. The van der Waals surface area contributed by atoms with Crippen molar-refractivity contribution in [3.8, 4) is 79.0 Å². The van der Waals surface area contributed by atoms with Gasteiger partial charge in [0.1, 0.15) is 11.5 Å². The van der Waals surface area contributed by atoms with E-state index in [1.54, 1.807) is 86.5 Å². The lowest BCUT2D eigenvalue weighted by atomic mass is 9.91. The highest BCUT2D eigenvalue weighted by molar-refractivity contribution is 7.98. The number of benzene rings is 6. The Kier molecular flexibility index (Phi) is 35.6. The van der Waals surface area contributed by atoms with Gasteiger partial charge < -0.3 is 9.47 Å². The molecule has 0 unspecified atom stereocenters. The summed E-state index contributed by atoms with van der Waals surface area (Å²) in [4.78, 5) is 53.0. The summed E-state index contributed by atoms with van der Waals surface area (Å²) < 4.78 is 94.7. The number of sulfone groups is 1. The third-order valence-electron chi connectivity index (χ3n) is 18.9. The number of sulfonamides is 1. The summed E-state index contributed by atoms with van der Waals surface area (Å²) in [6.45, 7) is 40.7. The van der Waals surface area contributed by atoms with Gasteiger partial charge in [-0.3, -0.25) is 39.5 Å². The zero-order valence-corrected chi connectivity index (χ0v) is 82.1. The van der Waals surface area contributed by atoms with Crippen LogP contribution in [0.4, 0.5) is 13.2 Å². The molecule has 0 saturated heterocycles. The van der Waals surface area contributed by atoms with E-state index in [0.29, 0.717) is 64.4 Å². The number of halogens is 9. The molecule has 12 aromatic rings. The summed E-state index contributed by atoms with van der Waals surface area (Å²) in [5, 5.41) is 3.27. The predicted molar refractivity (Wildman–Crippen MR) is 515 cm³/mol. The van der Waals surface area contributed by atoms with Crippen LogP contribution < -0.4 is 14.2 Å². The average Bonchev–Trinajstić information content (AvgIpc) is 0.817. The fraction of sp³-hybridized carbons (Fsp3) is 0.313. The fourth-order valence-corrected chi connectivity index (χ4v) is 14.5. The predicted octanol–water partition coefficient (Wildman–Crippen LogP) is 28.5. The van der Waals surface area contributed by atoms with E-state index in [-0.39, 0.29) is 60.2 Å². The van der Waals surface area contributed by atoms with Gasteiger partial charge in [0.15, 0.2) is 15.6 Å². The molecule has 0 bridgehead atoms. The Balaban J connectivity index is 0.000000208. The number of nitrogens with one attached hydrogen (secondary N) is 1. The SMILES string of the molecule is CC(=O)c1ccc(Cl)c(-c2cccc(C(C)(C)C)n2)c1.CC(C)(C)c1cccc(-c2cc(OC(F)(F)F)ccc2Cl)n1.CC(C)(C)c1cccc(-c2cc(S(C)(=O)=O)ccc2Cl)n1.CCS(=O)(=O)NC(=O)c1ccc(Cl)c(-c2cccc(C(C)(C)C)n2)c1.COc1ccc(Cl)c(-c2cccc(C(C)(C)C)n2)c1.CSc1ccc(Cl)c(-c2cccc(C(C)(C)C)n2)c1. The van der Waals surface area contributed by atoms with E-state index < -0.39 is 32.1 Å². The molecule has 6 aromatic heterocycles. The van der Waals surface area contributed by atoms with Crippen LogP contribution in [-0.2, 0) is 52.4 Å². The van der Waals surface area contributed by atoms with Crippen LogP contribution in [0.25, 0.3) is 67.5 Å². The monoisotopic (exact) mass is 1890 g/mol. The Bertz CT molecular complexity index is 5990. The smallest absolute Gasteiger partial charge is 0.497 e. The highest BCUT2D eigenvalue weighted by Gasteiger charge is 2.32. The topological polar surface area (TPSA) is 210 Å². The lowest BCUT2D eigenvalue weighted by Gasteiger charge is -2.18. The Morgan fingerprint density at radius 1 is 0.373 bits per heavy atom. The first-order valence-electron chi connectivity index (χ1n) is 40.0. The lowest BCUT2D eigenvalue weighted by molar-refractivity contribution is -0.274. The molecule has 668 valence electrons. The van der Waals surface area contributed by atoms with Crippen LogP contribution in [-0.4, -0.2) is 90.2 Å². The second kappa shape index (κ2) is 43.2. The van der Waals surface area contributed by atoms with Crippen molar-refractivity contribution in [2.75, 3.05) is 25.4 Å². The van der Waals surface area contributed by atoms with E-state index in [4.69, 9.17) is 84.3 Å². The third-order valence-corrected chi connectivity index (χ3v) is 23.9. The molecule has 0 atom stereocenters. The number of pyridine rings is 6. The highest BCUT2D eigenvalue weighted by atomic mass is 35.5. The number of methoxy groups -OCH3 is 1. The van der Waals surface area contributed by atoms with Crippen molar-refractivity contribution in [3.63, 3.8) is 0 Å². The van der Waals surface area contributed by atoms with Gasteiger partial charge in [0.25, 0.3) is 5.91 Å². The number of thioether (sulfide) groups is 1. The van der Waals surface area contributed by atoms with E-state index >= 15 is 0 Å². The number of ketones is 1. The first-order chi connectivity index (χ1) is 58.3. The van der Waals surface area contributed by atoms with Gasteiger partial charge in [-0.2, -0.15) is 0 Å². The Morgan fingerprint density at radius 3 is 0.937 bits per heavy atom. The number of hydrogen-bond acceptors (Lipinski definition) is 15. The number of alkyl halides is 3. The molecule has 0 aliphatic rings. The summed E-state index contributed by atoms with van der Waals surface area (Å²) >= 11 is 39.1. The van der Waals surface area contributed by atoms with Gasteiger partial charge in [-0.25, -0.2) is 21.6 Å². The quantitative estimate of drug-likeness (QED) is 0.0793. The van der Waals surface area contributed by atoms with E-state index in [2.05, 4.69) is 147 Å². The molecule has 6 aromatic carbocycles. The number of Topliss-reactive ketones (excluding diaryl/α,β-unsaturated/α-hetero) is 1. The molecule has 0 aliphatic carbocycles. The van der Waals surface area contributed by atoms with Gasteiger partial charge in [0, 0.05) is 122 Å². The molecule has 0 fully saturated rings. The molecule has 27 heteroatoms. The van der Waals surface area contributed by atoms with Crippen LogP contribution in [0.2, 0.25) is 30.1 Å². The molecular weight excluding hydrogens is 1780 g/mol. The lowest BCUT2D eigenvalue weighted by Crippen LogP contribution is -2.31. The minimum Gasteiger partial charge on any atom is -0.497 e. The molecule has 0 aliphatic heterocycles. The van der Waals surface area contributed by atoms with E-state index in [0.717, 1.165) is 78.7 Å². The number of carbonyl (C=O) groups is 2. The number of carbonyl (C=O) groups excluding carboxylic acids is 2. The summed E-state index contributed by atoms with van der Waals surface area (Å²) in [7, 11) is -5.26. The van der Waals surface area contributed by atoms with Crippen molar-refractivity contribution in [1.29, 1.82) is 0 Å². The van der Waals surface area contributed by atoms with Crippen molar-refractivity contribution in [3.05, 3.63) is 294 Å². The molecule has 12 rings (SSSR count). The zero-order chi connectivity index (χ0) is 94.2. The number of aromatic nitrogens is 6. The number of amides is 1. The molecule has 6 heterocycles. The second-order valence-corrected chi connectivity index (χ2v) is 42.9. The highest BCUT2D eigenvalue weighted by Crippen LogP contribution is 2.40. The van der Waals surface area contributed by atoms with Gasteiger partial charge in [-0.1, -0.05) is 231 Å². The van der Waals surface area contributed by atoms with E-state index in [1.165, 1.54) is 48.4 Å². The number of nitrogens with zero attached hydrogens (tertiary/aromatic N) is 6. The minimum atomic E-state index is -4.74. The molecule has 1 N–H and O–H groups in total. The van der Waals surface area contributed by atoms with Crippen LogP contribution in [0, 0.1) is 0 Å². The number of hydrogen-bond donors (Lipinski definition) is 1. The molecule has 1 amide bonds. The summed E-state index contributed by atoms with van der Waals surface area (Å²) in [6.07, 6.45) is -1.50. The second-order valence-electron chi connectivity index (χ2n) is 35.5. The van der Waals surface area contributed by atoms with Crippen LogP contribution in [0.5, 0.6) is 11.5 Å². The van der Waals surface area contributed by atoms with Crippen LogP contribution in [0.1, 0.15) is 193 Å².